The summed E-state index contributed by atoms with van der Waals surface area (Å²) < 4.78 is 3.91. The zero-order chi connectivity index (χ0) is 14.2. The van der Waals surface area contributed by atoms with Gasteiger partial charge in [0.1, 0.15) is 6.54 Å². The molecular weight excluding hydrogens is 236 g/mol. The van der Waals surface area contributed by atoms with E-state index in [1.807, 2.05) is 0 Å². The lowest BCUT2D eigenvalue weighted by atomic mass is 9.92. The highest BCUT2D eigenvalue weighted by molar-refractivity contribution is 5.34. The molecular formula is C15H20N4. The molecule has 2 aromatic rings. The van der Waals surface area contributed by atoms with Crippen molar-refractivity contribution in [2.45, 2.75) is 46.6 Å². The van der Waals surface area contributed by atoms with Crippen LogP contribution in [0.15, 0.2) is 18.2 Å². The van der Waals surface area contributed by atoms with E-state index in [0.29, 0.717) is 0 Å². The first kappa shape index (κ1) is 13.4. The Balaban J connectivity index is 2.59. The van der Waals surface area contributed by atoms with E-state index in [4.69, 9.17) is 5.26 Å². The fourth-order valence-corrected chi connectivity index (χ4v) is 2.33. The molecule has 0 N–H and O–H groups in total. The predicted molar refractivity (Wildman–Crippen MR) is 75.3 cm³/mol. The molecule has 2 heterocycles. The van der Waals surface area contributed by atoms with Crippen LogP contribution in [0.4, 0.5) is 0 Å². The Morgan fingerprint density at radius 2 is 1.79 bits per heavy atom. The monoisotopic (exact) mass is 256 g/mol. The lowest BCUT2D eigenvalue weighted by Gasteiger charge is -2.18. The summed E-state index contributed by atoms with van der Waals surface area (Å²) in [7, 11) is 0. The first-order valence-electron chi connectivity index (χ1n) is 6.45. The molecule has 2 rings (SSSR count). The van der Waals surface area contributed by atoms with Crippen molar-refractivity contribution in [1.29, 1.82) is 5.26 Å². The fourth-order valence-electron chi connectivity index (χ4n) is 2.33. The van der Waals surface area contributed by atoms with Gasteiger partial charge >= 0.3 is 0 Å². The van der Waals surface area contributed by atoms with Crippen molar-refractivity contribution in [2.75, 3.05) is 0 Å². The molecule has 0 aliphatic rings. The van der Waals surface area contributed by atoms with Gasteiger partial charge < -0.3 is 4.57 Å². The van der Waals surface area contributed by atoms with E-state index in [9.17, 15) is 0 Å². The second-order valence-electron chi connectivity index (χ2n) is 5.91. The number of aryl methyl sites for hydroxylation is 2. The number of rotatable bonds is 2. The van der Waals surface area contributed by atoms with Gasteiger partial charge in [-0.25, -0.2) is 0 Å². The zero-order valence-corrected chi connectivity index (χ0v) is 12.2. The third-order valence-electron chi connectivity index (χ3n) is 3.26. The molecule has 0 radical (unpaired) electrons. The second-order valence-corrected chi connectivity index (χ2v) is 5.91. The molecule has 0 amide bonds. The van der Waals surface area contributed by atoms with E-state index in [2.05, 4.69) is 68.6 Å². The minimum absolute atomic E-state index is 0.0307. The molecule has 0 aromatic carbocycles. The Morgan fingerprint density at radius 3 is 2.26 bits per heavy atom. The van der Waals surface area contributed by atoms with Crippen LogP contribution in [0, 0.1) is 25.2 Å². The molecule has 100 valence electrons. The molecule has 4 heteroatoms. The summed E-state index contributed by atoms with van der Waals surface area (Å²) in [5.74, 6) is 0.889. The zero-order valence-electron chi connectivity index (χ0n) is 12.2. The van der Waals surface area contributed by atoms with Crippen molar-refractivity contribution in [1.82, 2.24) is 14.3 Å². The largest absolute Gasteiger partial charge is 0.302 e. The number of nitrogens with zero attached hydrogens (tertiary/aromatic N) is 4. The summed E-state index contributed by atoms with van der Waals surface area (Å²) in [6.07, 6.45) is 0. The summed E-state index contributed by atoms with van der Waals surface area (Å²) >= 11 is 0. The molecule has 0 fully saturated rings. The van der Waals surface area contributed by atoms with E-state index in [0.717, 1.165) is 22.9 Å². The van der Waals surface area contributed by atoms with Crippen LogP contribution >= 0.6 is 0 Å². The summed E-state index contributed by atoms with van der Waals surface area (Å²) in [5, 5.41) is 13.5. The molecule has 0 spiro atoms. The van der Waals surface area contributed by atoms with Crippen molar-refractivity contribution in [3.05, 3.63) is 35.3 Å². The maximum atomic E-state index is 8.94. The molecule has 0 unspecified atom stereocenters. The fraction of sp³-hybridized carbons (Fsp3) is 0.467. The van der Waals surface area contributed by atoms with Gasteiger partial charge in [-0.05, 0) is 26.0 Å². The summed E-state index contributed by atoms with van der Waals surface area (Å²) in [6.45, 7) is 10.8. The average molecular weight is 256 g/mol. The van der Waals surface area contributed by atoms with Gasteiger partial charge in [-0.2, -0.15) is 10.4 Å². The SMILES string of the molecule is Cc1ccc(C)n1-c1cc(C(C)(C)C)n(CC#N)n1. The van der Waals surface area contributed by atoms with Crippen molar-refractivity contribution in [3.63, 3.8) is 0 Å². The summed E-state index contributed by atoms with van der Waals surface area (Å²) in [6, 6.07) is 8.41. The highest BCUT2D eigenvalue weighted by Gasteiger charge is 2.22. The van der Waals surface area contributed by atoms with Gasteiger partial charge in [-0.15, -0.1) is 0 Å². The number of hydrogen-bond acceptors (Lipinski definition) is 2. The van der Waals surface area contributed by atoms with Crippen molar-refractivity contribution in [3.8, 4) is 11.9 Å². The van der Waals surface area contributed by atoms with Gasteiger partial charge in [-0.1, -0.05) is 20.8 Å². The van der Waals surface area contributed by atoms with Crippen LogP contribution < -0.4 is 0 Å². The Hall–Kier alpha value is -2.02. The number of nitriles is 1. The third kappa shape index (κ3) is 2.41. The topological polar surface area (TPSA) is 46.5 Å². The lowest BCUT2D eigenvalue weighted by Crippen LogP contribution is -2.18. The van der Waals surface area contributed by atoms with Gasteiger partial charge in [0, 0.05) is 28.6 Å². The first-order valence-corrected chi connectivity index (χ1v) is 6.45. The van der Waals surface area contributed by atoms with Crippen LogP contribution in [0.25, 0.3) is 5.82 Å². The summed E-state index contributed by atoms with van der Waals surface area (Å²) in [5.41, 5.74) is 3.35. The second kappa shape index (κ2) is 4.58. The van der Waals surface area contributed by atoms with Crippen LogP contribution in [0.5, 0.6) is 0 Å². The maximum absolute atomic E-state index is 8.94. The van der Waals surface area contributed by atoms with Crippen molar-refractivity contribution < 1.29 is 0 Å². The van der Waals surface area contributed by atoms with E-state index in [1.54, 1.807) is 4.68 Å². The van der Waals surface area contributed by atoms with Crippen LogP contribution in [-0.4, -0.2) is 14.3 Å². The quantitative estimate of drug-likeness (QED) is 0.828. The third-order valence-corrected chi connectivity index (χ3v) is 3.26. The molecule has 0 bridgehead atoms. The van der Waals surface area contributed by atoms with Gasteiger partial charge in [0.2, 0.25) is 0 Å². The van der Waals surface area contributed by atoms with Gasteiger partial charge in [0.25, 0.3) is 0 Å². The molecule has 0 aliphatic heterocycles. The minimum Gasteiger partial charge on any atom is -0.302 e. The molecule has 0 saturated carbocycles. The average Bonchev–Trinajstić information content (AvgIpc) is 2.83. The molecule has 0 aliphatic carbocycles. The maximum Gasteiger partial charge on any atom is 0.159 e. The lowest BCUT2D eigenvalue weighted by molar-refractivity contribution is 0.510. The van der Waals surface area contributed by atoms with Gasteiger partial charge in [-0.3, -0.25) is 4.68 Å². The molecule has 0 atom stereocenters. The Morgan fingerprint density at radius 1 is 1.21 bits per heavy atom. The number of aromatic nitrogens is 3. The predicted octanol–water partition coefficient (Wildman–Crippen LogP) is 3.11. The molecule has 2 aromatic heterocycles. The van der Waals surface area contributed by atoms with Crippen molar-refractivity contribution in [2.24, 2.45) is 0 Å². The Bertz CT molecular complexity index is 613. The van der Waals surface area contributed by atoms with E-state index in [-0.39, 0.29) is 12.0 Å². The van der Waals surface area contributed by atoms with Gasteiger partial charge in [0.05, 0.1) is 6.07 Å². The Labute approximate surface area is 114 Å². The van der Waals surface area contributed by atoms with Crippen LogP contribution in [0.2, 0.25) is 0 Å². The smallest absolute Gasteiger partial charge is 0.159 e. The van der Waals surface area contributed by atoms with Crippen molar-refractivity contribution >= 4 is 0 Å². The first-order chi connectivity index (χ1) is 8.84. The van der Waals surface area contributed by atoms with E-state index in [1.165, 1.54) is 0 Å². The normalized spacial score (nSPS) is 11.6. The highest BCUT2D eigenvalue weighted by atomic mass is 15.3. The standard InChI is InChI=1S/C15H20N4/c1-11-6-7-12(2)19(11)14-10-13(15(3,4)5)18(17-14)9-8-16/h6-7,10H,9H2,1-5H3. The van der Waals surface area contributed by atoms with Crippen LogP contribution in [0.1, 0.15) is 37.9 Å². The molecule has 4 nitrogen and oxygen atoms in total. The minimum atomic E-state index is -0.0307. The number of hydrogen-bond donors (Lipinski definition) is 0. The van der Waals surface area contributed by atoms with Crippen LogP contribution in [0.3, 0.4) is 0 Å². The summed E-state index contributed by atoms with van der Waals surface area (Å²) in [4.78, 5) is 0. The van der Waals surface area contributed by atoms with E-state index >= 15 is 0 Å². The van der Waals surface area contributed by atoms with Crippen LogP contribution in [-0.2, 0) is 12.0 Å². The highest BCUT2D eigenvalue weighted by Crippen LogP contribution is 2.25. The van der Waals surface area contributed by atoms with E-state index < -0.39 is 0 Å². The Kier molecular flexibility index (Phi) is 3.23. The molecule has 0 saturated heterocycles. The molecule has 19 heavy (non-hydrogen) atoms. The van der Waals surface area contributed by atoms with Gasteiger partial charge in [0.15, 0.2) is 5.82 Å².